The van der Waals surface area contributed by atoms with Crippen molar-refractivity contribution in [2.45, 2.75) is 33.2 Å². The van der Waals surface area contributed by atoms with Crippen molar-refractivity contribution in [3.63, 3.8) is 0 Å². The van der Waals surface area contributed by atoms with Gasteiger partial charge in [0.1, 0.15) is 5.65 Å². The summed E-state index contributed by atoms with van der Waals surface area (Å²) < 4.78 is 4.41. The second kappa shape index (κ2) is 9.12. The molecule has 164 valence electrons. The molecule has 1 N–H and O–H groups in total. The summed E-state index contributed by atoms with van der Waals surface area (Å²) in [6.07, 6.45) is 0.601. The average molecular weight is 493 g/mol. The Morgan fingerprint density at radius 1 is 1.09 bits per heavy atom. The summed E-state index contributed by atoms with van der Waals surface area (Å²) in [6.45, 7) is 4.40. The molecule has 32 heavy (non-hydrogen) atoms. The van der Waals surface area contributed by atoms with Gasteiger partial charge in [-0.05, 0) is 43.5 Å². The fraction of sp³-hybridized carbons (Fsp3) is 0.240. The van der Waals surface area contributed by atoms with Crippen LogP contribution in [0.15, 0.2) is 63.9 Å². The highest BCUT2D eigenvalue weighted by molar-refractivity contribution is 9.10. The van der Waals surface area contributed by atoms with Crippen LogP contribution in [0.25, 0.3) is 16.9 Å². The lowest BCUT2D eigenvalue weighted by atomic mass is 10.1. The quantitative estimate of drug-likeness (QED) is 0.435. The van der Waals surface area contributed by atoms with Gasteiger partial charge in [-0.2, -0.15) is 9.61 Å². The first kappa shape index (κ1) is 22.0. The Balaban J connectivity index is 1.55. The fourth-order valence-corrected chi connectivity index (χ4v) is 4.09. The molecule has 0 atom stereocenters. The van der Waals surface area contributed by atoms with Crippen molar-refractivity contribution >= 4 is 27.5 Å². The zero-order chi connectivity index (χ0) is 22.8. The van der Waals surface area contributed by atoms with Crippen LogP contribution in [0, 0.1) is 13.8 Å². The molecule has 0 radical (unpaired) electrons. The zero-order valence-electron chi connectivity index (χ0n) is 18.4. The Morgan fingerprint density at radius 3 is 2.53 bits per heavy atom. The molecular weight excluding hydrogens is 468 g/mol. The Labute approximate surface area is 195 Å². The van der Waals surface area contributed by atoms with Crippen LogP contribution in [0.3, 0.4) is 0 Å². The fourth-order valence-electron chi connectivity index (χ4n) is 3.83. The number of nitrogens with one attached hydrogen (secondary N) is 1. The van der Waals surface area contributed by atoms with Crippen LogP contribution in [-0.2, 0) is 24.8 Å². The van der Waals surface area contributed by atoms with Crippen LogP contribution >= 0.6 is 15.9 Å². The molecule has 6 nitrogen and oxygen atoms in total. The van der Waals surface area contributed by atoms with E-state index in [1.807, 2.05) is 80.1 Å². The van der Waals surface area contributed by atoms with Crippen molar-refractivity contribution in [3.8, 4) is 11.3 Å². The van der Waals surface area contributed by atoms with Crippen LogP contribution in [0.5, 0.6) is 0 Å². The third-order valence-electron chi connectivity index (χ3n) is 5.85. The van der Waals surface area contributed by atoms with E-state index in [1.54, 1.807) is 0 Å². The first-order chi connectivity index (χ1) is 15.3. The average Bonchev–Trinajstić information content (AvgIpc) is 3.23. The van der Waals surface area contributed by atoms with Gasteiger partial charge in [0, 0.05) is 47.4 Å². The molecule has 0 saturated carbocycles. The van der Waals surface area contributed by atoms with Gasteiger partial charge in [-0.3, -0.25) is 9.59 Å². The van der Waals surface area contributed by atoms with E-state index in [4.69, 9.17) is 0 Å². The van der Waals surface area contributed by atoms with Gasteiger partial charge in [-0.15, -0.1) is 0 Å². The summed E-state index contributed by atoms with van der Waals surface area (Å²) in [4.78, 5) is 25.6. The lowest BCUT2D eigenvalue weighted by Gasteiger charge is -2.12. The highest BCUT2D eigenvalue weighted by Gasteiger charge is 2.17. The molecule has 0 aliphatic carbocycles. The van der Waals surface area contributed by atoms with E-state index in [0.717, 1.165) is 38.2 Å². The lowest BCUT2D eigenvalue weighted by Crippen LogP contribution is -2.27. The number of halogens is 1. The Bertz CT molecular complexity index is 1350. The van der Waals surface area contributed by atoms with Crippen LogP contribution in [-0.4, -0.2) is 20.1 Å². The molecule has 4 rings (SSSR count). The van der Waals surface area contributed by atoms with Gasteiger partial charge in [-0.25, -0.2) is 0 Å². The summed E-state index contributed by atoms with van der Waals surface area (Å²) in [5.74, 6) is -0.0875. The number of nitrogens with zero attached hydrogens (tertiary/aromatic N) is 3. The molecule has 0 bridgehead atoms. The number of carbonyl (C=O) groups is 1. The van der Waals surface area contributed by atoms with Gasteiger partial charge >= 0.3 is 0 Å². The second-order valence-electron chi connectivity index (χ2n) is 7.95. The molecule has 2 heterocycles. The van der Waals surface area contributed by atoms with E-state index in [1.165, 1.54) is 4.52 Å². The SMILES string of the molecule is Cc1ccccc1-c1cc2n(C)c(C)c(CCC(=O)NCc3ccc(Br)cc3)c(=O)n2n1. The monoisotopic (exact) mass is 492 g/mol. The highest BCUT2D eigenvalue weighted by Crippen LogP contribution is 2.23. The molecule has 0 unspecified atom stereocenters. The minimum atomic E-state index is -0.170. The number of fused-ring (bicyclic) bond motifs is 1. The van der Waals surface area contributed by atoms with E-state index in [0.29, 0.717) is 18.5 Å². The van der Waals surface area contributed by atoms with Crippen molar-refractivity contribution < 1.29 is 4.79 Å². The Hall–Kier alpha value is -3.19. The highest BCUT2D eigenvalue weighted by atomic mass is 79.9. The minimum absolute atomic E-state index is 0.0875. The van der Waals surface area contributed by atoms with E-state index < -0.39 is 0 Å². The third kappa shape index (κ3) is 4.39. The summed E-state index contributed by atoms with van der Waals surface area (Å²) in [5, 5.41) is 7.52. The van der Waals surface area contributed by atoms with Crippen LogP contribution in [0.2, 0.25) is 0 Å². The van der Waals surface area contributed by atoms with Gasteiger partial charge in [-0.1, -0.05) is 52.3 Å². The molecule has 2 aromatic carbocycles. The van der Waals surface area contributed by atoms with Gasteiger partial charge in [0.25, 0.3) is 5.56 Å². The van der Waals surface area contributed by atoms with Crippen molar-refractivity contribution in [3.05, 3.63) is 91.8 Å². The molecule has 2 aromatic heterocycles. The maximum absolute atomic E-state index is 13.2. The van der Waals surface area contributed by atoms with E-state index >= 15 is 0 Å². The number of aryl methyl sites for hydroxylation is 2. The maximum Gasteiger partial charge on any atom is 0.277 e. The van der Waals surface area contributed by atoms with Gasteiger partial charge < -0.3 is 9.88 Å². The van der Waals surface area contributed by atoms with Crippen molar-refractivity contribution in [2.24, 2.45) is 7.05 Å². The summed E-state index contributed by atoms with van der Waals surface area (Å²) >= 11 is 3.40. The summed E-state index contributed by atoms with van der Waals surface area (Å²) in [6, 6.07) is 17.7. The van der Waals surface area contributed by atoms with Gasteiger partial charge in [0.05, 0.1) is 5.69 Å². The molecule has 4 aromatic rings. The molecule has 0 fully saturated rings. The molecule has 0 aliphatic rings. The number of aromatic nitrogens is 3. The predicted octanol–water partition coefficient (Wildman–Crippen LogP) is 4.33. The van der Waals surface area contributed by atoms with E-state index in [9.17, 15) is 9.59 Å². The maximum atomic E-state index is 13.2. The lowest BCUT2D eigenvalue weighted by molar-refractivity contribution is -0.121. The second-order valence-corrected chi connectivity index (χ2v) is 8.86. The largest absolute Gasteiger partial charge is 0.352 e. The van der Waals surface area contributed by atoms with E-state index in [2.05, 4.69) is 26.3 Å². The van der Waals surface area contributed by atoms with Crippen molar-refractivity contribution in [2.75, 3.05) is 0 Å². The number of benzene rings is 2. The van der Waals surface area contributed by atoms with Gasteiger partial charge in [0.2, 0.25) is 5.91 Å². The Morgan fingerprint density at radius 2 is 1.81 bits per heavy atom. The topological polar surface area (TPSA) is 68.4 Å². The van der Waals surface area contributed by atoms with E-state index in [-0.39, 0.29) is 17.9 Å². The first-order valence-corrected chi connectivity index (χ1v) is 11.3. The molecule has 7 heteroatoms. The van der Waals surface area contributed by atoms with Crippen molar-refractivity contribution in [1.29, 1.82) is 0 Å². The summed E-state index contributed by atoms with van der Waals surface area (Å²) in [7, 11) is 1.92. The molecule has 1 amide bonds. The number of rotatable bonds is 6. The van der Waals surface area contributed by atoms with Crippen LogP contribution in [0.1, 0.15) is 28.8 Å². The molecule has 0 saturated heterocycles. The third-order valence-corrected chi connectivity index (χ3v) is 6.38. The number of hydrogen-bond acceptors (Lipinski definition) is 3. The van der Waals surface area contributed by atoms with Gasteiger partial charge in [0.15, 0.2) is 0 Å². The standard InChI is InChI=1S/C25H25BrN4O2/c1-16-6-4-5-7-20(16)22-14-24-29(3)17(2)21(25(32)30(24)28-22)12-13-23(31)27-15-18-8-10-19(26)11-9-18/h4-11,14H,12-13,15H2,1-3H3,(H,27,31). The summed E-state index contributed by atoms with van der Waals surface area (Å²) in [5.41, 5.74) is 5.91. The predicted molar refractivity (Wildman–Crippen MR) is 130 cm³/mol. The smallest absolute Gasteiger partial charge is 0.277 e. The molecule has 0 spiro atoms. The zero-order valence-corrected chi connectivity index (χ0v) is 19.9. The van der Waals surface area contributed by atoms with Crippen LogP contribution < -0.4 is 10.9 Å². The molecular formula is C25H25BrN4O2. The normalized spacial score (nSPS) is 11.1. The minimum Gasteiger partial charge on any atom is -0.352 e. The van der Waals surface area contributed by atoms with Crippen molar-refractivity contribution in [1.82, 2.24) is 19.5 Å². The Kier molecular flexibility index (Phi) is 6.28. The molecule has 0 aliphatic heterocycles. The number of amides is 1. The number of hydrogen-bond donors (Lipinski definition) is 1. The first-order valence-electron chi connectivity index (χ1n) is 10.5. The van der Waals surface area contributed by atoms with Crippen LogP contribution in [0.4, 0.5) is 0 Å². The number of carbonyl (C=O) groups excluding carboxylic acids is 1.